The number of methoxy groups -OCH3 is 1. The Balaban J connectivity index is 1.74. The van der Waals surface area contributed by atoms with Crippen LogP contribution in [0.2, 0.25) is 0 Å². The van der Waals surface area contributed by atoms with Crippen LogP contribution in [0.4, 0.5) is 5.00 Å². The average Bonchev–Trinajstić information content (AvgIpc) is 2.79. The lowest BCUT2D eigenvalue weighted by Crippen LogP contribution is -2.36. The first-order chi connectivity index (χ1) is 14.2. The third-order valence-electron chi connectivity index (χ3n) is 4.87. The van der Waals surface area contributed by atoms with Crippen LogP contribution in [0, 0.1) is 0 Å². The molecule has 5 nitrogen and oxygen atoms in total. The van der Waals surface area contributed by atoms with Gasteiger partial charge < -0.3 is 14.4 Å². The molecule has 0 amide bonds. The van der Waals surface area contributed by atoms with Gasteiger partial charge in [-0.3, -0.25) is 4.79 Å². The molecule has 29 heavy (non-hydrogen) atoms. The largest absolute Gasteiger partial charge is 0.465 e. The van der Waals surface area contributed by atoms with Crippen LogP contribution in [0.1, 0.15) is 10.4 Å². The summed E-state index contributed by atoms with van der Waals surface area (Å²) in [6.45, 7) is 2.91. The number of nitrogens with zero attached hydrogens (tertiary/aromatic N) is 1. The molecule has 2 aromatic carbocycles. The van der Waals surface area contributed by atoms with Gasteiger partial charge in [0.15, 0.2) is 5.43 Å². The number of hydrogen-bond acceptors (Lipinski definition) is 6. The molecular weight excluding hydrogens is 386 g/mol. The van der Waals surface area contributed by atoms with Crippen LogP contribution in [0.3, 0.4) is 0 Å². The van der Waals surface area contributed by atoms with E-state index in [1.54, 1.807) is 29.5 Å². The van der Waals surface area contributed by atoms with Gasteiger partial charge in [0, 0.05) is 30.1 Å². The lowest BCUT2D eigenvalue weighted by Gasteiger charge is -2.28. The molecule has 3 aromatic rings. The van der Waals surface area contributed by atoms with Crippen molar-refractivity contribution in [1.29, 1.82) is 0 Å². The van der Waals surface area contributed by atoms with Gasteiger partial charge in [-0.15, -0.1) is 11.3 Å². The van der Waals surface area contributed by atoms with Crippen molar-refractivity contribution in [2.75, 3.05) is 38.3 Å². The van der Waals surface area contributed by atoms with Gasteiger partial charge >= 0.3 is 5.97 Å². The van der Waals surface area contributed by atoms with Gasteiger partial charge in [0.05, 0.1) is 30.9 Å². The maximum atomic E-state index is 12.4. The molecule has 1 aromatic heterocycles. The van der Waals surface area contributed by atoms with Crippen molar-refractivity contribution >= 4 is 22.3 Å². The highest BCUT2D eigenvalue weighted by molar-refractivity contribution is 7.19. The zero-order chi connectivity index (χ0) is 20.2. The Morgan fingerprint density at radius 2 is 1.76 bits per heavy atom. The third kappa shape index (κ3) is 4.23. The highest BCUT2D eigenvalue weighted by Crippen LogP contribution is 2.33. The number of morpholine rings is 1. The van der Waals surface area contributed by atoms with Crippen molar-refractivity contribution in [3.05, 3.63) is 76.5 Å². The Morgan fingerprint density at radius 3 is 2.55 bits per heavy atom. The van der Waals surface area contributed by atoms with Crippen LogP contribution >= 0.6 is 11.3 Å². The zero-order valence-corrected chi connectivity index (χ0v) is 16.9. The number of hydrogen-bond donors (Lipinski definition) is 0. The Labute approximate surface area is 173 Å². The van der Waals surface area contributed by atoms with E-state index >= 15 is 0 Å². The van der Waals surface area contributed by atoms with Crippen molar-refractivity contribution in [3.8, 4) is 21.6 Å². The Bertz CT molecular complexity index is 1090. The highest BCUT2D eigenvalue weighted by atomic mass is 32.1. The molecule has 0 aliphatic carbocycles. The van der Waals surface area contributed by atoms with Crippen molar-refractivity contribution < 1.29 is 14.3 Å². The van der Waals surface area contributed by atoms with Gasteiger partial charge in [-0.05, 0) is 28.8 Å². The molecular formula is C23H21NO4S. The van der Waals surface area contributed by atoms with E-state index in [-0.39, 0.29) is 11.4 Å². The van der Waals surface area contributed by atoms with Gasteiger partial charge in [0.25, 0.3) is 0 Å². The molecule has 2 heterocycles. The second-order valence-corrected chi connectivity index (χ2v) is 7.78. The molecule has 148 valence electrons. The smallest absolute Gasteiger partial charge is 0.338 e. The third-order valence-corrected chi connectivity index (χ3v) is 6.03. The lowest BCUT2D eigenvalue weighted by molar-refractivity contribution is 0.0601. The van der Waals surface area contributed by atoms with E-state index in [9.17, 15) is 9.59 Å². The molecule has 6 heteroatoms. The summed E-state index contributed by atoms with van der Waals surface area (Å²) in [6.07, 6.45) is 0. The van der Waals surface area contributed by atoms with E-state index in [1.807, 2.05) is 42.5 Å². The summed E-state index contributed by atoms with van der Waals surface area (Å²) in [5.74, 6) is -0.370. The molecule has 1 saturated heterocycles. The molecule has 1 aliphatic heterocycles. The van der Waals surface area contributed by atoms with Crippen molar-refractivity contribution in [2.45, 2.75) is 0 Å². The summed E-state index contributed by atoms with van der Waals surface area (Å²) < 4.78 is 10.3. The van der Waals surface area contributed by atoms with Crippen LogP contribution in [-0.4, -0.2) is 39.4 Å². The van der Waals surface area contributed by atoms with Crippen molar-refractivity contribution in [3.63, 3.8) is 0 Å². The maximum Gasteiger partial charge on any atom is 0.338 e. The minimum atomic E-state index is -0.370. The summed E-state index contributed by atoms with van der Waals surface area (Å²) in [6, 6.07) is 18.6. The van der Waals surface area contributed by atoms with Gasteiger partial charge in [-0.2, -0.15) is 0 Å². The van der Waals surface area contributed by atoms with Crippen LogP contribution in [-0.2, 0) is 9.47 Å². The minimum Gasteiger partial charge on any atom is -0.465 e. The quantitative estimate of drug-likeness (QED) is 0.611. The predicted molar refractivity (Wildman–Crippen MR) is 116 cm³/mol. The number of anilines is 1. The summed E-state index contributed by atoms with van der Waals surface area (Å²) >= 11 is 1.59. The van der Waals surface area contributed by atoms with Crippen LogP contribution in [0.25, 0.3) is 21.6 Å². The van der Waals surface area contributed by atoms with Gasteiger partial charge in [-0.25, -0.2) is 4.79 Å². The first-order valence-electron chi connectivity index (χ1n) is 9.42. The SMILES string of the molecule is COC(=O)c1ccccc1-c1cccc(-c2cc(=O)cc(N3CCOCC3)s2)c1. The summed E-state index contributed by atoms with van der Waals surface area (Å²) in [7, 11) is 1.38. The lowest BCUT2D eigenvalue weighted by atomic mass is 9.98. The van der Waals surface area contributed by atoms with E-state index in [0.717, 1.165) is 39.7 Å². The zero-order valence-electron chi connectivity index (χ0n) is 16.1. The molecule has 1 fully saturated rings. The number of carbonyl (C=O) groups is 1. The van der Waals surface area contributed by atoms with E-state index in [0.29, 0.717) is 18.8 Å². The number of esters is 1. The molecule has 0 spiro atoms. The topological polar surface area (TPSA) is 55.8 Å². The number of carbonyl (C=O) groups excluding carboxylic acids is 1. The monoisotopic (exact) mass is 407 g/mol. The fourth-order valence-electron chi connectivity index (χ4n) is 3.41. The Hall–Kier alpha value is -2.96. The average molecular weight is 407 g/mol. The molecule has 0 unspecified atom stereocenters. The minimum absolute atomic E-state index is 0.0133. The highest BCUT2D eigenvalue weighted by Gasteiger charge is 2.16. The second kappa shape index (κ2) is 8.59. The van der Waals surface area contributed by atoms with E-state index in [1.165, 1.54) is 7.11 Å². The fraction of sp³-hybridized carbons (Fsp3) is 0.217. The van der Waals surface area contributed by atoms with Crippen molar-refractivity contribution in [2.24, 2.45) is 0 Å². The molecule has 0 bridgehead atoms. The molecule has 1 aliphatic rings. The summed E-state index contributed by atoms with van der Waals surface area (Å²) in [5.41, 5.74) is 3.15. The van der Waals surface area contributed by atoms with Gasteiger partial charge in [-0.1, -0.05) is 36.4 Å². The molecule has 0 radical (unpaired) electrons. The molecule has 4 rings (SSSR count). The van der Waals surface area contributed by atoms with E-state index in [4.69, 9.17) is 9.47 Å². The van der Waals surface area contributed by atoms with Crippen LogP contribution in [0.15, 0.2) is 65.5 Å². The summed E-state index contributed by atoms with van der Waals surface area (Å²) in [4.78, 5) is 27.6. The van der Waals surface area contributed by atoms with E-state index < -0.39 is 0 Å². The fourth-order valence-corrected chi connectivity index (χ4v) is 4.54. The van der Waals surface area contributed by atoms with Crippen molar-refractivity contribution in [1.82, 2.24) is 0 Å². The molecule has 0 N–H and O–H groups in total. The first kappa shape index (κ1) is 19.4. The number of ether oxygens (including phenoxy) is 2. The standard InChI is InChI=1S/C23H21NO4S/c1-27-23(26)20-8-3-2-7-19(20)16-5-4-6-17(13-16)21-14-18(25)15-22(29-21)24-9-11-28-12-10-24/h2-8,13-15H,9-12H2,1H3. The van der Waals surface area contributed by atoms with E-state index in [2.05, 4.69) is 4.90 Å². The van der Waals surface area contributed by atoms with Gasteiger partial charge in [0.1, 0.15) is 0 Å². The van der Waals surface area contributed by atoms with Crippen LogP contribution < -0.4 is 10.3 Å². The Kier molecular flexibility index (Phi) is 5.74. The Morgan fingerprint density at radius 1 is 1.00 bits per heavy atom. The summed E-state index contributed by atoms with van der Waals surface area (Å²) in [5, 5.41) is 0.955. The molecule has 0 atom stereocenters. The maximum absolute atomic E-state index is 12.4. The first-order valence-corrected chi connectivity index (χ1v) is 10.2. The van der Waals surface area contributed by atoms with Gasteiger partial charge in [0.2, 0.25) is 0 Å². The molecule has 0 saturated carbocycles. The number of rotatable bonds is 4. The normalized spacial score (nSPS) is 13.9. The predicted octanol–water partition coefficient (Wildman–Crippen LogP) is 4.07. The number of benzene rings is 2. The second-order valence-electron chi connectivity index (χ2n) is 6.71. The van der Waals surface area contributed by atoms with Crippen LogP contribution in [0.5, 0.6) is 0 Å².